The molecule has 0 fully saturated rings. The molecule has 2 N–H and O–H groups in total. The summed E-state index contributed by atoms with van der Waals surface area (Å²) in [4.78, 5) is 11.5. The molecular formula is C15H32N2O2. The van der Waals surface area contributed by atoms with Gasteiger partial charge in [-0.15, -0.1) is 0 Å². The largest absolute Gasteiger partial charge is 0.444 e. The summed E-state index contributed by atoms with van der Waals surface area (Å²) in [5.74, 6) is 0.730. The molecule has 0 rings (SSSR count). The number of hydrogen-bond donors (Lipinski definition) is 2. The minimum atomic E-state index is -0.440. The third kappa shape index (κ3) is 10.8. The van der Waals surface area contributed by atoms with Crippen LogP contribution in [0.25, 0.3) is 0 Å². The lowest BCUT2D eigenvalue weighted by molar-refractivity contribution is 0.0522. The Bertz CT molecular complexity index is 261. The van der Waals surface area contributed by atoms with Crippen LogP contribution in [-0.2, 0) is 4.74 Å². The van der Waals surface area contributed by atoms with Crippen LogP contribution < -0.4 is 10.6 Å². The number of hydrogen-bond acceptors (Lipinski definition) is 3. The molecule has 1 amide bonds. The lowest BCUT2D eigenvalue weighted by Gasteiger charge is -2.24. The summed E-state index contributed by atoms with van der Waals surface area (Å²) >= 11 is 0. The van der Waals surface area contributed by atoms with E-state index in [1.807, 2.05) is 20.8 Å². The molecule has 0 aliphatic heterocycles. The van der Waals surface area contributed by atoms with Gasteiger partial charge in [-0.3, -0.25) is 0 Å². The first-order chi connectivity index (χ1) is 8.64. The standard InChI is InChI=1S/C15H32N2O2/c1-8-11(2)9-12(3)17-13(4)10-16-14(18)19-15(5,6)7/h11-13,17H,8-10H2,1-7H3,(H,16,18). The van der Waals surface area contributed by atoms with Gasteiger partial charge in [-0.1, -0.05) is 20.3 Å². The molecule has 0 saturated carbocycles. The third-order valence-corrected chi connectivity index (χ3v) is 2.97. The average Bonchev–Trinajstić information content (AvgIpc) is 2.23. The summed E-state index contributed by atoms with van der Waals surface area (Å²) in [6.45, 7) is 14.9. The van der Waals surface area contributed by atoms with E-state index in [4.69, 9.17) is 4.74 Å². The first-order valence-electron chi connectivity index (χ1n) is 7.37. The molecule has 0 aliphatic carbocycles. The first-order valence-corrected chi connectivity index (χ1v) is 7.37. The Morgan fingerprint density at radius 3 is 2.21 bits per heavy atom. The molecule has 3 unspecified atom stereocenters. The summed E-state index contributed by atoms with van der Waals surface area (Å²) < 4.78 is 5.20. The minimum absolute atomic E-state index is 0.242. The predicted molar refractivity (Wildman–Crippen MR) is 80.4 cm³/mol. The van der Waals surface area contributed by atoms with E-state index in [0.717, 1.165) is 12.3 Å². The lowest BCUT2D eigenvalue weighted by Crippen LogP contribution is -2.44. The summed E-state index contributed by atoms with van der Waals surface area (Å²) in [6, 6.07) is 0.706. The number of carbonyl (C=O) groups excluding carboxylic acids is 1. The van der Waals surface area contributed by atoms with Crippen molar-refractivity contribution >= 4 is 6.09 Å². The molecule has 0 aromatic heterocycles. The van der Waals surface area contributed by atoms with Gasteiger partial charge in [0.25, 0.3) is 0 Å². The van der Waals surface area contributed by atoms with Gasteiger partial charge in [0, 0.05) is 18.6 Å². The molecule has 0 aromatic carbocycles. The third-order valence-electron chi connectivity index (χ3n) is 2.97. The number of rotatable bonds is 7. The van der Waals surface area contributed by atoms with E-state index in [9.17, 15) is 4.79 Å². The SMILES string of the molecule is CCC(C)CC(C)NC(C)CNC(=O)OC(C)(C)C. The van der Waals surface area contributed by atoms with Crippen LogP contribution in [0.4, 0.5) is 4.79 Å². The minimum Gasteiger partial charge on any atom is -0.444 e. The normalized spacial score (nSPS) is 16.6. The van der Waals surface area contributed by atoms with Crippen molar-refractivity contribution in [3.8, 4) is 0 Å². The Labute approximate surface area is 118 Å². The van der Waals surface area contributed by atoms with Gasteiger partial charge >= 0.3 is 6.09 Å². The Hall–Kier alpha value is -0.770. The highest BCUT2D eigenvalue weighted by atomic mass is 16.6. The molecule has 0 aliphatic rings. The van der Waals surface area contributed by atoms with Crippen molar-refractivity contribution in [1.29, 1.82) is 0 Å². The van der Waals surface area contributed by atoms with Crippen molar-refractivity contribution in [1.82, 2.24) is 10.6 Å². The summed E-state index contributed by atoms with van der Waals surface area (Å²) in [5.41, 5.74) is -0.440. The molecule has 4 nitrogen and oxygen atoms in total. The number of amides is 1. The van der Waals surface area contributed by atoms with Gasteiger partial charge < -0.3 is 15.4 Å². The monoisotopic (exact) mass is 272 g/mol. The van der Waals surface area contributed by atoms with Gasteiger partial charge in [0.05, 0.1) is 0 Å². The van der Waals surface area contributed by atoms with Gasteiger partial charge in [-0.2, -0.15) is 0 Å². The van der Waals surface area contributed by atoms with Crippen LogP contribution in [0.1, 0.15) is 61.3 Å². The van der Waals surface area contributed by atoms with Crippen molar-refractivity contribution in [2.24, 2.45) is 5.92 Å². The van der Waals surface area contributed by atoms with Gasteiger partial charge in [0.2, 0.25) is 0 Å². The van der Waals surface area contributed by atoms with Crippen LogP contribution >= 0.6 is 0 Å². The molecule has 0 spiro atoms. The van der Waals surface area contributed by atoms with E-state index in [-0.39, 0.29) is 12.1 Å². The predicted octanol–water partition coefficient (Wildman–Crippen LogP) is 3.31. The Morgan fingerprint density at radius 2 is 1.74 bits per heavy atom. The van der Waals surface area contributed by atoms with Crippen LogP contribution in [0.15, 0.2) is 0 Å². The topological polar surface area (TPSA) is 50.4 Å². The van der Waals surface area contributed by atoms with Crippen LogP contribution in [-0.4, -0.2) is 30.3 Å². The number of carbonyl (C=O) groups is 1. The van der Waals surface area contributed by atoms with Crippen molar-refractivity contribution in [2.45, 2.75) is 79.0 Å². The second-order valence-corrected chi connectivity index (χ2v) is 6.60. The smallest absolute Gasteiger partial charge is 0.407 e. The molecule has 0 aromatic rings. The molecule has 4 heteroatoms. The van der Waals surface area contributed by atoms with E-state index < -0.39 is 5.60 Å². The molecule has 19 heavy (non-hydrogen) atoms. The highest BCUT2D eigenvalue weighted by Gasteiger charge is 2.17. The van der Waals surface area contributed by atoms with Crippen molar-refractivity contribution < 1.29 is 9.53 Å². The highest BCUT2D eigenvalue weighted by molar-refractivity contribution is 5.67. The van der Waals surface area contributed by atoms with Crippen LogP contribution in [0.5, 0.6) is 0 Å². The van der Waals surface area contributed by atoms with Gasteiger partial charge in [0.1, 0.15) is 5.60 Å². The Balaban J connectivity index is 3.86. The van der Waals surface area contributed by atoms with Crippen LogP contribution in [0.3, 0.4) is 0 Å². The summed E-state index contributed by atoms with van der Waals surface area (Å²) in [5, 5.41) is 6.28. The van der Waals surface area contributed by atoms with Crippen LogP contribution in [0, 0.1) is 5.92 Å². The Kier molecular flexibility index (Phi) is 8.07. The number of nitrogens with one attached hydrogen (secondary N) is 2. The summed E-state index contributed by atoms with van der Waals surface area (Å²) in [6.07, 6.45) is 2.01. The zero-order valence-corrected chi connectivity index (χ0v) is 13.7. The van der Waals surface area contributed by atoms with Crippen LogP contribution in [0.2, 0.25) is 0 Å². The molecule has 114 valence electrons. The van der Waals surface area contributed by atoms with Gasteiger partial charge in [-0.25, -0.2) is 4.79 Å². The van der Waals surface area contributed by atoms with E-state index in [0.29, 0.717) is 12.6 Å². The fourth-order valence-corrected chi connectivity index (χ4v) is 1.93. The summed E-state index contributed by atoms with van der Waals surface area (Å²) in [7, 11) is 0. The van der Waals surface area contributed by atoms with Crippen molar-refractivity contribution in [2.75, 3.05) is 6.54 Å². The van der Waals surface area contributed by atoms with E-state index >= 15 is 0 Å². The second-order valence-electron chi connectivity index (χ2n) is 6.60. The fourth-order valence-electron chi connectivity index (χ4n) is 1.93. The number of alkyl carbamates (subject to hydrolysis) is 1. The molecule has 0 bridgehead atoms. The molecule has 0 radical (unpaired) electrons. The quantitative estimate of drug-likeness (QED) is 0.747. The Morgan fingerprint density at radius 1 is 1.16 bits per heavy atom. The maximum absolute atomic E-state index is 11.5. The maximum Gasteiger partial charge on any atom is 0.407 e. The van der Waals surface area contributed by atoms with Gasteiger partial charge in [0.15, 0.2) is 0 Å². The fraction of sp³-hybridized carbons (Fsp3) is 0.933. The van der Waals surface area contributed by atoms with E-state index in [2.05, 4.69) is 38.3 Å². The van der Waals surface area contributed by atoms with Crippen molar-refractivity contribution in [3.05, 3.63) is 0 Å². The number of ether oxygens (including phenoxy) is 1. The molecule has 0 heterocycles. The van der Waals surface area contributed by atoms with E-state index in [1.54, 1.807) is 0 Å². The zero-order valence-electron chi connectivity index (χ0n) is 13.7. The molecular weight excluding hydrogens is 240 g/mol. The second kappa shape index (κ2) is 8.41. The average molecular weight is 272 g/mol. The molecule has 3 atom stereocenters. The zero-order chi connectivity index (χ0) is 15.1. The molecule has 0 saturated heterocycles. The van der Waals surface area contributed by atoms with Crippen molar-refractivity contribution in [3.63, 3.8) is 0 Å². The first kappa shape index (κ1) is 18.2. The van der Waals surface area contributed by atoms with Gasteiger partial charge in [-0.05, 0) is 47.0 Å². The highest BCUT2D eigenvalue weighted by Crippen LogP contribution is 2.10. The lowest BCUT2D eigenvalue weighted by atomic mass is 10.00. The van der Waals surface area contributed by atoms with E-state index in [1.165, 1.54) is 6.42 Å². The maximum atomic E-state index is 11.5.